The normalized spacial score (nSPS) is 18.4. The van der Waals surface area contributed by atoms with Crippen LogP contribution in [0.25, 0.3) is 0 Å². The lowest BCUT2D eigenvalue weighted by molar-refractivity contribution is -0.137. The molecule has 1 fully saturated rings. The molecule has 2 amide bonds. The SMILES string of the molecule is CC1CCCN1C(=O)CNC(=O)c1cccc(C(F)(F)F)c1. The maximum atomic E-state index is 12.6. The van der Waals surface area contributed by atoms with Crippen molar-refractivity contribution in [1.82, 2.24) is 10.2 Å². The molecule has 0 radical (unpaired) electrons. The molecule has 2 rings (SSSR count). The van der Waals surface area contributed by atoms with Crippen LogP contribution in [0.2, 0.25) is 0 Å². The fourth-order valence-electron chi connectivity index (χ4n) is 2.50. The summed E-state index contributed by atoms with van der Waals surface area (Å²) >= 11 is 0. The van der Waals surface area contributed by atoms with E-state index in [0.29, 0.717) is 6.54 Å². The van der Waals surface area contributed by atoms with Crippen LogP contribution in [0.4, 0.5) is 13.2 Å². The molecule has 0 aliphatic carbocycles. The molecule has 1 atom stereocenters. The van der Waals surface area contributed by atoms with Crippen LogP contribution < -0.4 is 5.32 Å². The minimum absolute atomic E-state index is 0.114. The molecule has 1 aromatic rings. The van der Waals surface area contributed by atoms with Crippen molar-refractivity contribution in [2.45, 2.75) is 32.0 Å². The van der Waals surface area contributed by atoms with E-state index >= 15 is 0 Å². The summed E-state index contributed by atoms with van der Waals surface area (Å²) in [6.45, 7) is 2.37. The first kappa shape index (κ1) is 16.3. The predicted octanol–water partition coefficient (Wildman–Crippen LogP) is 2.45. The summed E-state index contributed by atoms with van der Waals surface area (Å²) in [7, 11) is 0. The number of carbonyl (C=O) groups is 2. The molecule has 1 aromatic carbocycles. The van der Waals surface area contributed by atoms with E-state index < -0.39 is 17.6 Å². The monoisotopic (exact) mass is 314 g/mol. The summed E-state index contributed by atoms with van der Waals surface area (Å²) in [4.78, 5) is 25.5. The van der Waals surface area contributed by atoms with E-state index in [2.05, 4.69) is 5.32 Å². The second-order valence-corrected chi connectivity index (χ2v) is 5.34. The van der Waals surface area contributed by atoms with Crippen LogP contribution in [0.15, 0.2) is 24.3 Å². The van der Waals surface area contributed by atoms with Gasteiger partial charge >= 0.3 is 6.18 Å². The smallest absolute Gasteiger partial charge is 0.343 e. The van der Waals surface area contributed by atoms with Gasteiger partial charge in [-0.15, -0.1) is 0 Å². The van der Waals surface area contributed by atoms with Crippen LogP contribution >= 0.6 is 0 Å². The molecule has 1 N–H and O–H groups in total. The van der Waals surface area contributed by atoms with Gasteiger partial charge in [-0.2, -0.15) is 13.2 Å². The Labute approximate surface area is 126 Å². The number of benzene rings is 1. The van der Waals surface area contributed by atoms with Crippen LogP contribution in [0, 0.1) is 0 Å². The lowest BCUT2D eigenvalue weighted by Crippen LogP contribution is -2.41. The van der Waals surface area contributed by atoms with Gasteiger partial charge in [0.05, 0.1) is 12.1 Å². The van der Waals surface area contributed by atoms with Gasteiger partial charge in [-0.25, -0.2) is 0 Å². The zero-order chi connectivity index (χ0) is 16.3. The molecule has 0 saturated carbocycles. The molecule has 7 heteroatoms. The molecule has 1 aliphatic rings. The van der Waals surface area contributed by atoms with Crippen LogP contribution in [0.5, 0.6) is 0 Å². The first-order valence-corrected chi connectivity index (χ1v) is 7.04. The number of nitrogens with zero attached hydrogens (tertiary/aromatic N) is 1. The highest BCUT2D eigenvalue weighted by Gasteiger charge is 2.31. The van der Waals surface area contributed by atoms with E-state index in [4.69, 9.17) is 0 Å². The second-order valence-electron chi connectivity index (χ2n) is 5.34. The highest BCUT2D eigenvalue weighted by Crippen LogP contribution is 2.29. The fourth-order valence-corrected chi connectivity index (χ4v) is 2.50. The number of amides is 2. The maximum absolute atomic E-state index is 12.6. The predicted molar refractivity (Wildman–Crippen MR) is 74.2 cm³/mol. The number of rotatable bonds is 3. The number of carbonyl (C=O) groups excluding carboxylic acids is 2. The maximum Gasteiger partial charge on any atom is 0.416 e. The van der Waals surface area contributed by atoms with Gasteiger partial charge in [0.2, 0.25) is 5.91 Å². The standard InChI is InChI=1S/C15H17F3N2O2/c1-10-4-3-7-20(10)13(21)9-19-14(22)11-5-2-6-12(8-11)15(16,17)18/h2,5-6,8,10H,3-4,7,9H2,1H3,(H,19,22). The van der Waals surface area contributed by atoms with Crippen molar-refractivity contribution in [2.75, 3.05) is 13.1 Å². The van der Waals surface area contributed by atoms with E-state index in [1.54, 1.807) is 4.90 Å². The summed E-state index contributed by atoms with van der Waals surface area (Å²) in [6, 6.07) is 4.26. The minimum Gasteiger partial charge on any atom is -0.343 e. The van der Waals surface area contributed by atoms with E-state index in [0.717, 1.165) is 25.0 Å². The molecular weight excluding hydrogens is 297 g/mol. The number of likely N-dealkylation sites (tertiary alicyclic amines) is 1. The van der Waals surface area contributed by atoms with Crippen molar-refractivity contribution in [3.63, 3.8) is 0 Å². The first-order valence-electron chi connectivity index (χ1n) is 7.04. The average Bonchev–Trinajstić information content (AvgIpc) is 2.90. The van der Waals surface area contributed by atoms with Gasteiger partial charge in [0.15, 0.2) is 0 Å². The van der Waals surface area contributed by atoms with Crippen LogP contribution in [-0.2, 0) is 11.0 Å². The van der Waals surface area contributed by atoms with E-state index in [1.807, 2.05) is 6.92 Å². The number of hydrogen-bond donors (Lipinski definition) is 1. The average molecular weight is 314 g/mol. The Balaban J connectivity index is 1.96. The number of hydrogen-bond acceptors (Lipinski definition) is 2. The Morgan fingerprint density at radius 3 is 2.68 bits per heavy atom. The molecule has 1 saturated heterocycles. The number of nitrogens with one attached hydrogen (secondary N) is 1. The third-order valence-corrected chi connectivity index (χ3v) is 3.73. The van der Waals surface area contributed by atoms with Gasteiger partial charge in [-0.05, 0) is 38.0 Å². The van der Waals surface area contributed by atoms with Crippen LogP contribution in [0.3, 0.4) is 0 Å². The lowest BCUT2D eigenvalue weighted by atomic mass is 10.1. The van der Waals surface area contributed by atoms with Crippen molar-refractivity contribution in [1.29, 1.82) is 0 Å². The summed E-state index contributed by atoms with van der Waals surface area (Å²) < 4.78 is 37.8. The molecule has 1 aliphatic heterocycles. The highest BCUT2D eigenvalue weighted by molar-refractivity contribution is 5.96. The third-order valence-electron chi connectivity index (χ3n) is 3.73. The highest BCUT2D eigenvalue weighted by atomic mass is 19.4. The Morgan fingerprint density at radius 1 is 1.36 bits per heavy atom. The molecule has 0 bridgehead atoms. The topological polar surface area (TPSA) is 49.4 Å². The van der Waals surface area contributed by atoms with Gasteiger partial charge in [0.25, 0.3) is 5.91 Å². The van der Waals surface area contributed by atoms with E-state index in [9.17, 15) is 22.8 Å². The van der Waals surface area contributed by atoms with Gasteiger partial charge < -0.3 is 10.2 Å². The van der Waals surface area contributed by atoms with Gasteiger partial charge in [-0.1, -0.05) is 6.07 Å². The number of alkyl halides is 3. The molecule has 120 valence electrons. The molecule has 1 heterocycles. The van der Waals surface area contributed by atoms with Crippen molar-refractivity contribution >= 4 is 11.8 Å². The van der Waals surface area contributed by atoms with Gasteiger partial charge in [0, 0.05) is 18.2 Å². The molecule has 0 aromatic heterocycles. The fraction of sp³-hybridized carbons (Fsp3) is 0.467. The summed E-state index contributed by atoms with van der Waals surface area (Å²) in [5, 5.41) is 2.38. The Morgan fingerprint density at radius 2 is 2.09 bits per heavy atom. The zero-order valence-electron chi connectivity index (χ0n) is 12.1. The first-order chi connectivity index (χ1) is 10.3. The van der Waals surface area contributed by atoms with Crippen molar-refractivity contribution in [3.8, 4) is 0 Å². The summed E-state index contributed by atoms with van der Waals surface area (Å²) in [6.07, 6.45) is -2.65. The number of halogens is 3. The largest absolute Gasteiger partial charge is 0.416 e. The van der Waals surface area contributed by atoms with Crippen molar-refractivity contribution in [2.24, 2.45) is 0 Å². The Bertz CT molecular complexity index is 572. The molecule has 0 spiro atoms. The third kappa shape index (κ3) is 3.78. The molecular formula is C15H17F3N2O2. The van der Waals surface area contributed by atoms with Gasteiger partial charge in [-0.3, -0.25) is 9.59 Å². The van der Waals surface area contributed by atoms with E-state index in [1.165, 1.54) is 12.1 Å². The van der Waals surface area contributed by atoms with Crippen LogP contribution in [0.1, 0.15) is 35.7 Å². The molecule has 1 unspecified atom stereocenters. The van der Waals surface area contributed by atoms with Crippen molar-refractivity contribution < 1.29 is 22.8 Å². The Hall–Kier alpha value is -2.05. The Kier molecular flexibility index (Phi) is 4.73. The van der Waals surface area contributed by atoms with Crippen LogP contribution in [-0.4, -0.2) is 35.8 Å². The molecule has 22 heavy (non-hydrogen) atoms. The van der Waals surface area contributed by atoms with E-state index in [-0.39, 0.29) is 24.1 Å². The summed E-state index contributed by atoms with van der Waals surface area (Å²) in [5.41, 5.74) is -1.00. The quantitative estimate of drug-likeness (QED) is 0.931. The molecule has 4 nitrogen and oxygen atoms in total. The minimum atomic E-state index is -4.50. The zero-order valence-corrected chi connectivity index (χ0v) is 12.1. The second kappa shape index (κ2) is 6.37. The van der Waals surface area contributed by atoms with Gasteiger partial charge in [0.1, 0.15) is 0 Å². The lowest BCUT2D eigenvalue weighted by Gasteiger charge is -2.21. The van der Waals surface area contributed by atoms with Crippen molar-refractivity contribution in [3.05, 3.63) is 35.4 Å². The summed E-state index contributed by atoms with van der Waals surface area (Å²) in [5.74, 6) is -0.906.